The Balaban J connectivity index is 1.61. The van der Waals surface area contributed by atoms with Gasteiger partial charge in [-0.05, 0) is 39.8 Å². The van der Waals surface area contributed by atoms with Gasteiger partial charge in [-0.2, -0.15) is 0 Å². The molecule has 0 aliphatic carbocycles. The number of nitrogens with one attached hydrogen (secondary N) is 1. The monoisotopic (exact) mass is 389 g/mol. The summed E-state index contributed by atoms with van der Waals surface area (Å²) in [5.74, 6) is 1.02. The van der Waals surface area contributed by atoms with Crippen molar-refractivity contribution in [1.29, 1.82) is 0 Å². The first-order valence-corrected chi connectivity index (χ1v) is 9.61. The number of amides is 1. The predicted octanol–water partition coefficient (Wildman–Crippen LogP) is 3.69. The molecule has 1 aliphatic rings. The van der Waals surface area contributed by atoms with Gasteiger partial charge in [-0.25, -0.2) is 4.98 Å². The molecular formula is C19H23N3O4S. The van der Waals surface area contributed by atoms with Gasteiger partial charge in [-0.1, -0.05) is 5.16 Å². The predicted molar refractivity (Wildman–Crippen MR) is 105 cm³/mol. The number of rotatable bonds is 5. The number of carbonyl (C=O) groups is 1. The Morgan fingerprint density at radius 1 is 1.30 bits per heavy atom. The van der Waals surface area contributed by atoms with E-state index in [2.05, 4.69) is 15.5 Å². The van der Waals surface area contributed by atoms with Crippen LogP contribution in [0.25, 0.3) is 0 Å². The van der Waals surface area contributed by atoms with Crippen molar-refractivity contribution >= 4 is 28.6 Å². The third kappa shape index (κ3) is 4.77. The highest BCUT2D eigenvalue weighted by molar-refractivity contribution is 7.13. The molecule has 1 amide bonds. The zero-order chi connectivity index (χ0) is 19.4. The SMILES string of the molecule is C/C(=N\OC(C)C(=O)Nc1ccc2c(c1)OCCCO2)c1sc(C)nc1C. The lowest BCUT2D eigenvalue weighted by Crippen LogP contribution is -2.26. The third-order valence-electron chi connectivity index (χ3n) is 3.96. The number of hydrogen-bond donors (Lipinski definition) is 1. The van der Waals surface area contributed by atoms with Crippen LogP contribution in [0.2, 0.25) is 0 Å². The van der Waals surface area contributed by atoms with Crippen molar-refractivity contribution < 1.29 is 19.1 Å². The minimum absolute atomic E-state index is 0.293. The van der Waals surface area contributed by atoms with E-state index in [9.17, 15) is 4.79 Å². The van der Waals surface area contributed by atoms with Gasteiger partial charge in [0.15, 0.2) is 11.5 Å². The number of anilines is 1. The fraction of sp³-hybridized carbons (Fsp3) is 0.421. The van der Waals surface area contributed by atoms with Crippen LogP contribution in [-0.2, 0) is 9.63 Å². The van der Waals surface area contributed by atoms with E-state index in [1.165, 1.54) is 0 Å². The summed E-state index contributed by atoms with van der Waals surface area (Å²) < 4.78 is 11.2. The number of carbonyl (C=O) groups excluding carboxylic acids is 1. The molecule has 1 aromatic carbocycles. The van der Waals surface area contributed by atoms with Gasteiger partial charge in [0.25, 0.3) is 5.91 Å². The molecule has 0 radical (unpaired) electrons. The van der Waals surface area contributed by atoms with Crippen LogP contribution < -0.4 is 14.8 Å². The molecule has 0 spiro atoms. The molecule has 27 heavy (non-hydrogen) atoms. The van der Waals surface area contributed by atoms with Gasteiger partial charge < -0.3 is 19.6 Å². The number of oxime groups is 1. The van der Waals surface area contributed by atoms with E-state index in [0.717, 1.165) is 22.0 Å². The van der Waals surface area contributed by atoms with Crippen LogP contribution in [0.5, 0.6) is 11.5 Å². The first kappa shape index (κ1) is 19.2. The van der Waals surface area contributed by atoms with Crippen molar-refractivity contribution in [2.45, 2.75) is 40.2 Å². The van der Waals surface area contributed by atoms with E-state index in [-0.39, 0.29) is 5.91 Å². The molecule has 144 valence electrons. The van der Waals surface area contributed by atoms with Crippen molar-refractivity contribution in [2.24, 2.45) is 5.16 Å². The molecule has 2 aromatic rings. The standard InChI is InChI=1S/C19H23N3O4S/c1-11-18(27-14(4)20-11)12(2)22-26-13(3)19(23)21-15-6-7-16-17(10-15)25-9-5-8-24-16/h6-7,10,13H,5,8-9H2,1-4H3,(H,21,23)/b22-12+. The highest BCUT2D eigenvalue weighted by Gasteiger charge is 2.17. The van der Waals surface area contributed by atoms with E-state index in [4.69, 9.17) is 14.3 Å². The van der Waals surface area contributed by atoms with E-state index >= 15 is 0 Å². The third-order valence-corrected chi connectivity index (χ3v) is 5.15. The number of nitrogens with zero attached hydrogens (tertiary/aromatic N) is 2. The number of ether oxygens (including phenoxy) is 2. The van der Waals surface area contributed by atoms with E-state index in [1.54, 1.807) is 36.5 Å². The molecule has 1 aromatic heterocycles. The van der Waals surface area contributed by atoms with E-state index in [1.807, 2.05) is 20.8 Å². The van der Waals surface area contributed by atoms with Crippen LogP contribution in [-0.4, -0.2) is 35.9 Å². The molecule has 3 rings (SSSR count). The van der Waals surface area contributed by atoms with Crippen LogP contribution in [0.15, 0.2) is 23.4 Å². The maximum atomic E-state index is 12.4. The van der Waals surface area contributed by atoms with Crippen molar-refractivity contribution in [3.8, 4) is 11.5 Å². The molecule has 1 N–H and O–H groups in total. The summed E-state index contributed by atoms with van der Waals surface area (Å²) in [5, 5.41) is 7.88. The number of hydrogen-bond acceptors (Lipinski definition) is 7. The summed E-state index contributed by atoms with van der Waals surface area (Å²) in [6, 6.07) is 5.32. The summed E-state index contributed by atoms with van der Waals surface area (Å²) in [7, 11) is 0. The molecule has 0 saturated heterocycles. The van der Waals surface area contributed by atoms with Crippen molar-refractivity contribution in [1.82, 2.24) is 4.98 Å². The summed E-state index contributed by atoms with van der Waals surface area (Å²) in [6.45, 7) is 8.58. The Bertz CT molecular complexity index is 863. The topological polar surface area (TPSA) is 82.0 Å². The zero-order valence-electron chi connectivity index (χ0n) is 15.9. The van der Waals surface area contributed by atoms with Gasteiger partial charge in [0.1, 0.15) is 0 Å². The summed E-state index contributed by atoms with van der Waals surface area (Å²) >= 11 is 1.55. The Hall–Kier alpha value is -2.61. The van der Waals surface area contributed by atoms with Crippen LogP contribution in [0.4, 0.5) is 5.69 Å². The Labute approximate surface area is 162 Å². The Morgan fingerprint density at radius 3 is 2.74 bits per heavy atom. The normalized spacial score (nSPS) is 15.0. The number of fused-ring (bicyclic) bond motifs is 1. The second-order valence-electron chi connectivity index (χ2n) is 6.27. The van der Waals surface area contributed by atoms with Gasteiger partial charge in [0.05, 0.1) is 34.5 Å². The van der Waals surface area contributed by atoms with E-state index < -0.39 is 6.10 Å². The molecule has 0 fully saturated rings. The maximum Gasteiger partial charge on any atom is 0.267 e. The number of thiazole rings is 1. The lowest BCUT2D eigenvalue weighted by molar-refractivity contribution is -0.126. The second kappa shape index (κ2) is 8.39. The maximum absolute atomic E-state index is 12.4. The van der Waals surface area contributed by atoms with Crippen molar-refractivity contribution in [2.75, 3.05) is 18.5 Å². The van der Waals surface area contributed by atoms with Gasteiger partial charge in [-0.15, -0.1) is 11.3 Å². The number of benzene rings is 1. The van der Waals surface area contributed by atoms with Gasteiger partial charge in [-0.3, -0.25) is 4.79 Å². The minimum atomic E-state index is -0.745. The molecule has 2 heterocycles. The fourth-order valence-corrected chi connectivity index (χ4v) is 3.46. The Morgan fingerprint density at radius 2 is 2.04 bits per heavy atom. The average molecular weight is 389 g/mol. The number of aromatic nitrogens is 1. The highest BCUT2D eigenvalue weighted by atomic mass is 32.1. The Kier molecular flexibility index (Phi) is 5.95. The van der Waals surface area contributed by atoms with E-state index in [0.29, 0.717) is 36.1 Å². The van der Waals surface area contributed by atoms with Crippen LogP contribution in [0.1, 0.15) is 35.8 Å². The molecule has 8 heteroatoms. The van der Waals surface area contributed by atoms with Crippen molar-refractivity contribution in [3.63, 3.8) is 0 Å². The number of aryl methyl sites for hydroxylation is 2. The summed E-state index contributed by atoms with van der Waals surface area (Å²) in [6.07, 6.45) is 0.0856. The molecule has 1 atom stereocenters. The van der Waals surface area contributed by atoms with Gasteiger partial charge in [0, 0.05) is 18.2 Å². The zero-order valence-corrected chi connectivity index (χ0v) is 16.7. The van der Waals surface area contributed by atoms with Gasteiger partial charge in [0.2, 0.25) is 6.10 Å². The molecule has 7 nitrogen and oxygen atoms in total. The molecule has 0 saturated carbocycles. The fourth-order valence-electron chi connectivity index (χ4n) is 2.60. The lowest BCUT2D eigenvalue weighted by atomic mass is 10.2. The molecule has 1 aliphatic heterocycles. The van der Waals surface area contributed by atoms with Crippen molar-refractivity contribution in [3.05, 3.63) is 33.8 Å². The molecular weight excluding hydrogens is 366 g/mol. The highest BCUT2D eigenvalue weighted by Crippen LogP contribution is 2.32. The minimum Gasteiger partial charge on any atom is -0.490 e. The first-order valence-electron chi connectivity index (χ1n) is 8.79. The first-order chi connectivity index (χ1) is 12.9. The largest absolute Gasteiger partial charge is 0.490 e. The quantitative estimate of drug-likeness (QED) is 0.623. The lowest BCUT2D eigenvalue weighted by Gasteiger charge is -2.13. The molecule has 0 bridgehead atoms. The summed E-state index contributed by atoms with van der Waals surface area (Å²) in [5.41, 5.74) is 2.23. The van der Waals surface area contributed by atoms with Crippen LogP contribution in [0.3, 0.4) is 0 Å². The van der Waals surface area contributed by atoms with Crippen LogP contribution in [0, 0.1) is 13.8 Å². The average Bonchev–Trinajstić information content (AvgIpc) is 2.83. The molecule has 1 unspecified atom stereocenters. The smallest absolute Gasteiger partial charge is 0.267 e. The second-order valence-corrected chi connectivity index (χ2v) is 7.48. The summed E-state index contributed by atoms with van der Waals surface area (Å²) in [4.78, 5) is 23.1. The van der Waals surface area contributed by atoms with Gasteiger partial charge >= 0.3 is 0 Å². The van der Waals surface area contributed by atoms with Crippen LogP contribution >= 0.6 is 11.3 Å².